The molecular formula is C24H39BrO5. The van der Waals surface area contributed by atoms with Gasteiger partial charge in [-0.15, -0.1) is 0 Å². The van der Waals surface area contributed by atoms with E-state index in [1.807, 2.05) is 12.2 Å². The molecule has 0 aromatic heterocycles. The molecule has 0 aromatic rings. The number of carbonyl (C=O) groups is 1. The topological polar surface area (TPSA) is 76.0 Å². The van der Waals surface area contributed by atoms with Crippen molar-refractivity contribution in [2.24, 2.45) is 17.8 Å². The van der Waals surface area contributed by atoms with E-state index in [4.69, 9.17) is 9.47 Å². The summed E-state index contributed by atoms with van der Waals surface area (Å²) in [4.78, 5) is 11.5. The Balaban J connectivity index is 1.43. The van der Waals surface area contributed by atoms with Crippen molar-refractivity contribution >= 4 is 21.9 Å². The van der Waals surface area contributed by atoms with Gasteiger partial charge in [-0.2, -0.15) is 0 Å². The van der Waals surface area contributed by atoms with Crippen LogP contribution in [0, 0.1) is 17.8 Å². The molecule has 0 amide bonds. The van der Waals surface area contributed by atoms with E-state index in [9.17, 15) is 15.0 Å². The van der Waals surface area contributed by atoms with E-state index in [2.05, 4.69) is 15.9 Å². The Labute approximate surface area is 189 Å². The second-order valence-corrected chi connectivity index (χ2v) is 10.7. The molecule has 1 heterocycles. The molecule has 5 nitrogen and oxygen atoms in total. The van der Waals surface area contributed by atoms with Crippen LogP contribution in [0.4, 0.5) is 0 Å². The van der Waals surface area contributed by atoms with E-state index in [1.165, 1.54) is 39.2 Å². The Morgan fingerprint density at radius 2 is 2.00 bits per heavy atom. The van der Waals surface area contributed by atoms with Gasteiger partial charge in [-0.1, -0.05) is 60.2 Å². The Bertz CT molecular complexity index is 562. The molecule has 0 bridgehead atoms. The number of carbonyl (C=O) groups excluding carboxylic acids is 1. The van der Waals surface area contributed by atoms with Crippen LogP contribution in [0.15, 0.2) is 12.2 Å². The minimum atomic E-state index is -0.418. The molecule has 172 valence electrons. The molecule has 3 aliphatic rings. The summed E-state index contributed by atoms with van der Waals surface area (Å²) in [6, 6.07) is 0. The molecule has 1 aliphatic heterocycles. The van der Waals surface area contributed by atoms with Crippen molar-refractivity contribution in [3.8, 4) is 0 Å². The van der Waals surface area contributed by atoms with Crippen LogP contribution in [0.3, 0.4) is 0 Å². The van der Waals surface area contributed by atoms with Crippen molar-refractivity contribution in [2.45, 2.75) is 106 Å². The van der Waals surface area contributed by atoms with E-state index >= 15 is 0 Å². The lowest BCUT2D eigenvalue weighted by Crippen LogP contribution is -2.24. The maximum atomic E-state index is 11.3. The molecule has 1 saturated heterocycles. The predicted molar refractivity (Wildman–Crippen MR) is 120 cm³/mol. The van der Waals surface area contributed by atoms with Crippen molar-refractivity contribution in [3.05, 3.63) is 12.2 Å². The summed E-state index contributed by atoms with van der Waals surface area (Å²) in [6.45, 7) is 0. The summed E-state index contributed by atoms with van der Waals surface area (Å²) in [5.41, 5.74) is 0. The normalized spacial score (nSPS) is 34.2. The van der Waals surface area contributed by atoms with Gasteiger partial charge in [0.2, 0.25) is 0 Å². The van der Waals surface area contributed by atoms with Gasteiger partial charge in [-0.3, -0.25) is 4.79 Å². The van der Waals surface area contributed by atoms with Crippen LogP contribution >= 0.6 is 15.9 Å². The fraction of sp³-hybridized carbons (Fsp3) is 0.875. The van der Waals surface area contributed by atoms with Gasteiger partial charge in [0.05, 0.1) is 31.5 Å². The van der Waals surface area contributed by atoms with E-state index in [0.29, 0.717) is 18.8 Å². The Morgan fingerprint density at radius 1 is 1.23 bits per heavy atom. The lowest BCUT2D eigenvalue weighted by molar-refractivity contribution is -0.140. The van der Waals surface area contributed by atoms with Gasteiger partial charge >= 0.3 is 5.97 Å². The van der Waals surface area contributed by atoms with E-state index < -0.39 is 12.2 Å². The van der Waals surface area contributed by atoms with E-state index in [0.717, 1.165) is 38.0 Å². The number of ether oxygens (including phenoxy) is 2. The van der Waals surface area contributed by atoms with Crippen molar-refractivity contribution in [1.29, 1.82) is 0 Å². The first-order valence-electron chi connectivity index (χ1n) is 11.9. The first-order valence-corrected chi connectivity index (χ1v) is 12.8. The fourth-order valence-electron chi connectivity index (χ4n) is 5.59. The molecule has 3 rings (SSSR count). The fourth-order valence-corrected chi connectivity index (χ4v) is 6.25. The lowest BCUT2D eigenvalue weighted by atomic mass is 9.85. The Kier molecular flexibility index (Phi) is 9.67. The monoisotopic (exact) mass is 486 g/mol. The molecular weight excluding hydrogens is 448 g/mol. The van der Waals surface area contributed by atoms with Crippen LogP contribution in [0.5, 0.6) is 0 Å². The van der Waals surface area contributed by atoms with E-state index in [-0.39, 0.29) is 28.9 Å². The number of aliphatic hydroxyl groups excluding tert-OH is 2. The number of hydrogen-bond acceptors (Lipinski definition) is 5. The molecule has 3 fully saturated rings. The zero-order chi connectivity index (χ0) is 21.5. The number of halogens is 1. The average molecular weight is 487 g/mol. The molecule has 0 aromatic carbocycles. The van der Waals surface area contributed by atoms with Crippen LogP contribution in [-0.2, 0) is 14.3 Å². The smallest absolute Gasteiger partial charge is 0.305 e. The van der Waals surface area contributed by atoms with Crippen LogP contribution in [0.25, 0.3) is 0 Å². The predicted octanol–water partition coefficient (Wildman–Crippen LogP) is 4.53. The highest BCUT2D eigenvalue weighted by molar-refractivity contribution is 9.09. The minimum Gasteiger partial charge on any atom is -0.469 e. The maximum absolute atomic E-state index is 11.3. The van der Waals surface area contributed by atoms with Crippen LogP contribution < -0.4 is 0 Å². The van der Waals surface area contributed by atoms with Crippen LogP contribution in [-0.4, -0.2) is 52.5 Å². The number of fused-ring (bicyclic) bond motifs is 1. The lowest BCUT2D eigenvalue weighted by Gasteiger charge is -2.22. The van der Waals surface area contributed by atoms with Gasteiger partial charge < -0.3 is 19.7 Å². The molecule has 7 atom stereocenters. The minimum absolute atomic E-state index is 0.0547. The molecule has 0 spiro atoms. The first kappa shape index (κ1) is 24.2. The van der Waals surface area contributed by atoms with Crippen molar-refractivity contribution < 1.29 is 24.5 Å². The maximum Gasteiger partial charge on any atom is 0.305 e. The number of esters is 1. The third-order valence-corrected chi connectivity index (χ3v) is 8.43. The Morgan fingerprint density at radius 3 is 2.73 bits per heavy atom. The summed E-state index contributed by atoms with van der Waals surface area (Å²) < 4.78 is 10.9. The van der Waals surface area contributed by atoms with Gasteiger partial charge in [0, 0.05) is 23.6 Å². The number of alkyl halides is 1. The molecule has 2 N–H and O–H groups in total. The van der Waals surface area contributed by atoms with Crippen molar-refractivity contribution in [1.82, 2.24) is 0 Å². The molecule has 30 heavy (non-hydrogen) atoms. The van der Waals surface area contributed by atoms with Crippen molar-refractivity contribution in [2.75, 3.05) is 7.11 Å². The molecule has 6 heteroatoms. The van der Waals surface area contributed by atoms with Crippen LogP contribution in [0.1, 0.15) is 77.0 Å². The number of methoxy groups -OCH3 is 1. The Hall–Kier alpha value is -0.430. The highest BCUT2D eigenvalue weighted by Crippen LogP contribution is 2.46. The van der Waals surface area contributed by atoms with E-state index in [1.54, 1.807) is 0 Å². The standard InChI is InChI=1S/C24H39BrO5/c1-29-24(28)9-5-8-20(25)23-14-19-18(21(27)15-22(19)30-23)13-12-17(26)11-10-16-6-3-2-4-7-16/h12-13,16-23,26-27H,2-11,14-15H2,1H3/b13-12+/t17-,18+,19+,20?,21+,22+,23?/m0/s1. The summed E-state index contributed by atoms with van der Waals surface area (Å²) in [6.07, 6.45) is 15.6. The summed E-state index contributed by atoms with van der Waals surface area (Å²) >= 11 is 3.74. The average Bonchev–Trinajstić information content (AvgIpc) is 3.28. The number of rotatable bonds is 10. The third-order valence-electron chi connectivity index (χ3n) is 7.39. The molecule has 2 saturated carbocycles. The summed E-state index contributed by atoms with van der Waals surface area (Å²) in [5, 5.41) is 20.9. The van der Waals surface area contributed by atoms with Gasteiger partial charge in [-0.25, -0.2) is 0 Å². The van der Waals surface area contributed by atoms with Crippen LogP contribution in [0.2, 0.25) is 0 Å². The SMILES string of the molecule is COC(=O)CCCC(Br)C1C[C@@H]2[C@@H](/C=C/[C@@H](O)CCC3CCCCC3)[C@H](O)C[C@H]2O1. The quantitative estimate of drug-likeness (QED) is 0.269. The highest BCUT2D eigenvalue weighted by atomic mass is 79.9. The second-order valence-electron chi connectivity index (χ2n) is 9.51. The summed E-state index contributed by atoms with van der Waals surface area (Å²) in [5.74, 6) is 0.961. The zero-order valence-corrected chi connectivity index (χ0v) is 19.8. The molecule has 2 unspecified atom stereocenters. The molecule has 0 radical (unpaired) electrons. The highest BCUT2D eigenvalue weighted by Gasteiger charge is 2.49. The number of aliphatic hydroxyl groups is 2. The van der Waals surface area contributed by atoms with Gasteiger partial charge in [-0.05, 0) is 43.9 Å². The van der Waals surface area contributed by atoms with Gasteiger partial charge in [0.1, 0.15) is 0 Å². The second kappa shape index (κ2) is 12.0. The van der Waals surface area contributed by atoms with Crippen molar-refractivity contribution in [3.63, 3.8) is 0 Å². The largest absolute Gasteiger partial charge is 0.469 e. The number of hydrogen-bond donors (Lipinski definition) is 2. The van der Waals surface area contributed by atoms with Gasteiger partial charge in [0.25, 0.3) is 0 Å². The first-order chi connectivity index (χ1) is 14.5. The molecule has 2 aliphatic carbocycles. The van der Waals surface area contributed by atoms with Gasteiger partial charge in [0.15, 0.2) is 0 Å². The third kappa shape index (κ3) is 6.78. The summed E-state index contributed by atoms with van der Waals surface area (Å²) in [7, 11) is 1.42. The zero-order valence-electron chi connectivity index (χ0n) is 18.3.